The number of hydrogen-bond acceptors (Lipinski definition) is 5. The van der Waals surface area contributed by atoms with Crippen LogP contribution in [0.25, 0.3) is 0 Å². The first-order valence-corrected chi connectivity index (χ1v) is 12.0. The predicted octanol–water partition coefficient (Wildman–Crippen LogP) is 4.21. The van der Waals surface area contributed by atoms with E-state index in [0.29, 0.717) is 28.1 Å². The minimum atomic E-state index is -0.538. The Balaban J connectivity index is 1.36. The summed E-state index contributed by atoms with van der Waals surface area (Å²) in [5, 5.41) is 11.5. The van der Waals surface area contributed by atoms with Crippen molar-refractivity contribution in [2.24, 2.45) is 35.5 Å². The minimum Gasteiger partial charge on any atom is -0.289 e. The van der Waals surface area contributed by atoms with Crippen molar-refractivity contribution in [3.05, 3.63) is 80.9 Å². The number of allylic oxidation sites excluding steroid dienone is 2. The van der Waals surface area contributed by atoms with Crippen molar-refractivity contribution in [2.75, 3.05) is 11.6 Å². The van der Waals surface area contributed by atoms with Crippen LogP contribution in [-0.2, 0) is 9.59 Å². The van der Waals surface area contributed by atoms with Gasteiger partial charge in [0.05, 0.1) is 22.4 Å². The second-order valence-electron chi connectivity index (χ2n) is 9.82. The lowest BCUT2D eigenvalue weighted by Crippen LogP contribution is -2.45. The van der Waals surface area contributed by atoms with Gasteiger partial charge in [-0.2, -0.15) is 0 Å². The Hall–Kier alpha value is -3.52. The van der Waals surface area contributed by atoms with Gasteiger partial charge >= 0.3 is 0 Å². The van der Waals surface area contributed by atoms with Crippen molar-refractivity contribution in [3.8, 4) is 0 Å². The van der Waals surface area contributed by atoms with Gasteiger partial charge in [-0.25, -0.2) is 0 Å². The third-order valence-electron chi connectivity index (χ3n) is 8.14. The van der Waals surface area contributed by atoms with Crippen LogP contribution in [0.3, 0.4) is 0 Å². The molecule has 3 amide bonds. The van der Waals surface area contributed by atoms with Crippen molar-refractivity contribution in [1.82, 2.24) is 4.90 Å². The molecule has 6 atom stereocenters. The van der Waals surface area contributed by atoms with E-state index in [1.165, 1.54) is 34.1 Å². The number of benzene rings is 2. The number of carbonyl (C=O) groups excluding carboxylic acids is 3. The second kappa shape index (κ2) is 7.75. The molecule has 2 saturated carbocycles. The number of nitro benzene ring substituents is 1. The number of nitrogens with zero attached hydrogens (tertiary/aromatic N) is 3. The average molecular weight is 492 g/mol. The van der Waals surface area contributed by atoms with Gasteiger partial charge in [-0.15, -0.1) is 0 Å². The Morgan fingerprint density at radius 3 is 2.23 bits per heavy atom. The third kappa shape index (κ3) is 3.23. The molecule has 1 aliphatic heterocycles. The van der Waals surface area contributed by atoms with Gasteiger partial charge in [-0.1, -0.05) is 29.8 Å². The van der Waals surface area contributed by atoms with Gasteiger partial charge in [-0.05, 0) is 66.8 Å². The molecule has 7 rings (SSSR count). The minimum absolute atomic E-state index is 0.0863. The van der Waals surface area contributed by atoms with Gasteiger partial charge in [0.2, 0.25) is 11.8 Å². The molecule has 9 heteroatoms. The van der Waals surface area contributed by atoms with E-state index >= 15 is 0 Å². The maximum atomic E-state index is 13.7. The number of non-ortho nitro benzene ring substituents is 1. The molecule has 5 aliphatic rings. The maximum Gasteiger partial charge on any atom is 0.269 e. The van der Waals surface area contributed by atoms with Gasteiger partial charge < -0.3 is 0 Å². The summed E-state index contributed by atoms with van der Waals surface area (Å²) in [6.45, 7) is 1.52. The summed E-state index contributed by atoms with van der Waals surface area (Å²) in [7, 11) is 0. The number of nitro groups is 1. The fourth-order valence-electron chi connectivity index (χ4n) is 6.32. The number of carbonyl (C=O) groups is 3. The van der Waals surface area contributed by atoms with Crippen molar-refractivity contribution in [2.45, 2.75) is 13.3 Å². The standard InChI is InChI=1S/C26H22ClN3O5/c1-13-20(27)3-2-4-21(13)28(24(31)14-5-7-15(8-6-14)30(34)35)12-29-25(32)22-16-9-10-17(19-11-18(16)19)23(22)26(29)33/h2-10,16-19,22-23H,11-12H2,1H3. The van der Waals surface area contributed by atoms with Crippen LogP contribution in [0.5, 0.6) is 0 Å². The summed E-state index contributed by atoms with van der Waals surface area (Å²) < 4.78 is 0. The summed E-state index contributed by atoms with van der Waals surface area (Å²) in [6.07, 6.45) is 5.29. The first-order valence-electron chi connectivity index (χ1n) is 11.6. The first-order chi connectivity index (χ1) is 16.8. The molecule has 178 valence electrons. The lowest BCUT2D eigenvalue weighted by atomic mass is 9.63. The van der Waals surface area contributed by atoms with E-state index in [4.69, 9.17) is 11.6 Å². The van der Waals surface area contributed by atoms with Crippen molar-refractivity contribution < 1.29 is 19.3 Å². The lowest BCUT2D eigenvalue weighted by Gasteiger charge is -2.37. The van der Waals surface area contributed by atoms with E-state index in [-0.39, 0.29) is 53.4 Å². The fraction of sp³-hybridized carbons (Fsp3) is 0.346. The van der Waals surface area contributed by atoms with Crippen LogP contribution < -0.4 is 4.90 Å². The van der Waals surface area contributed by atoms with Crippen LogP contribution in [0.2, 0.25) is 5.02 Å². The van der Waals surface area contributed by atoms with Crippen molar-refractivity contribution >= 4 is 40.7 Å². The van der Waals surface area contributed by atoms with Crippen LogP contribution in [0.1, 0.15) is 22.3 Å². The van der Waals surface area contributed by atoms with Crippen LogP contribution in [0.4, 0.5) is 11.4 Å². The molecule has 0 spiro atoms. The van der Waals surface area contributed by atoms with Crippen molar-refractivity contribution in [3.63, 3.8) is 0 Å². The van der Waals surface area contributed by atoms with E-state index in [0.717, 1.165) is 6.42 Å². The molecular formula is C26H22ClN3O5. The molecule has 1 saturated heterocycles. The van der Waals surface area contributed by atoms with Crippen LogP contribution in [0, 0.1) is 52.5 Å². The summed E-state index contributed by atoms with van der Waals surface area (Å²) in [4.78, 5) is 53.8. The molecule has 35 heavy (non-hydrogen) atoms. The Bertz CT molecular complexity index is 1290. The number of halogens is 1. The highest BCUT2D eigenvalue weighted by Crippen LogP contribution is 2.65. The number of hydrogen-bond donors (Lipinski definition) is 0. The summed E-state index contributed by atoms with van der Waals surface area (Å²) in [5.41, 5.74) is 1.17. The van der Waals surface area contributed by atoms with Crippen molar-refractivity contribution in [1.29, 1.82) is 0 Å². The molecule has 4 aliphatic carbocycles. The normalized spacial score (nSPS) is 29.7. The van der Waals surface area contributed by atoms with Gasteiger partial charge in [0.15, 0.2) is 0 Å². The quantitative estimate of drug-likeness (QED) is 0.270. The molecule has 8 nitrogen and oxygen atoms in total. The molecule has 2 bridgehead atoms. The molecule has 3 fully saturated rings. The summed E-state index contributed by atoms with van der Waals surface area (Å²) >= 11 is 6.34. The van der Waals surface area contributed by atoms with E-state index in [9.17, 15) is 24.5 Å². The van der Waals surface area contributed by atoms with Crippen LogP contribution in [0.15, 0.2) is 54.6 Å². The number of likely N-dealkylation sites (tertiary alicyclic amines) is 1. The van der Waals surface area contributed by atoms with E-state index in [1.807, 2.05) is 0 Å². The average Bonchev–Trinajstić information content (AvgIpc) is 3.64. The molecule has 1 heterocycles. The summed E-state index contributed by atoms with van der Waals surface area (Å²) in [6, 6.07) is 10.4. The number of imide groups is 1. The third-order valence-corrected chi connectivity index (χ3v) is 8.55. The maximum absolute atomic E-state index is 13.7. The topological polar surface area (TPSA) is 101 Å². The van der Waals surface area contributed by atoms with Gasteiger partial charge in [-0.3, -0.25) is 34.3 Å². The smallest absolute Gasteiger partial charge is 0.269 e. The van der Waals surface area contributed by atoms with E-state index in [2.05, 4.69) is 12.2 Å². The molecule has 0 radical (unpaired) electrons. The van der Waals surface area contributed by atoms with Gasteiger partial charge in [0.1, 0.15) is 6.67 Å². The van der Waals surface area contributed by atoms with Gasteiger partial charge in [0.25, 0.3) is 11.6 Å². The summed E-state index contributed by atoms with van der Waals surface area (Å²) in [5.74, 6) is -0.532. The molecule has 0 N–H and O–H groups in total. The Labute approximate surface area is 206 Å². The Morgan fingerprint density at radius 1 is 1.06 bits per heavy atom. The number of rotatable bonds is 5. The lowest BCUT2D eigenvalue weighted by molar-refractivity contribution is -0.384. The second-order valence-corrected chi connectivity index (χ2v) is 10.2. The van der Waals surface area contributed by atoms with E-state index < -0.39 is 10.8 Å². The zero-order chi connectivity index (χ0) is 24.6. The molecular weight excluding hydrogens is 470 g/mol. The SMILES string of the molecule is Cc1c(Cl)cccc1N(CN1C(=O)C2C3C=CC(C4CC34)C2C1=O)C(=O)c1ccc([N+](=O)[O-])cc1. The molecule has 2 aromatic rings. The number of amides is 3. The Morgan fingerprint density at radius 2 is 1.66 bits per heavy atom. The zero-order valence-corrected chi connectivity index (χ0v) is 19.6. The zero-order valence-electron chi connectivity index (χ0n) is 18.8. The highest BCUT2D eigenvalue weighted by atomic mass is 35.5. The predicted molar refractivity (Wildman–Crippen MR) is 128 cm³/mol. The Kier molecular flexibility index (Phi) is 4.86. The largest absolute Gasteiger partial charge is 0.289 e. The fourth-order valence-corrected chi connectivity index (χ4v) is 6.49. The van der Waals surface area contributed by atoms with Crippen LogP contribution in [-0.4, -0.2) is 34.2 Å². The number of anilines is 1. The molecule has 6 unspecified atom stereocenters. The van der Waals surface area contributed by atoms with Gasteiger partial charge in [0, 0.05) is 22.7 Å². The first kappa shape index (κ1) is 22.0. The highest BCUT2D eigenvalue weighted by molar-refractivity contribution is 6.31. The van der Waals surface area contributed by atoms with Crippen LogP contribution >= 0.6 is 11.6 Å². The monoisotopic (exact) mass is 491 g/mol. The molecule has 0 aromatic heterocycles. The van der Waals surface area contributed by atoms with E-state index in [1.54, 1.807) is 25.1 Å². The highest BCUT2D eigenvalue weighted by Gasteiger charge is 2.67. The molecule has 2 aromatic carbocycles.